The summed E-state index contributed by atoms with van der Waals surface area (Å²) in [6.45, 7) is 17.1. The molecule has 0 fully saturated rings. The van der Waals surface area contributed by atoms with Crippen LogP contribution in [0.4, 0.5) is 0 Å². The van der Waals surface area contributed by atoms with Crippen LogP contribution in [0.3, 0.4) is 0 Å². The van der Waals surface area contributed by atoms with Crippen LogP contribution in [0.25, 0.3) is 0 Å². The molecule has 0 saturated heterocycles. The summed E-state index contributed by atoms with van der Waals surface area (Å²) in [4.78, 5) is 2.49. The Labute approximate surface area is 144 Å². The molecule has 3 nitrogen and oxygen atoms in total. The van der Waals surface area contributed by atoms with Crippen molar-refractivity contribution in [2.75, 3.05) is 33.4 Å². The topological polar surface area (TPSA) is 21.7 Å². The predicted octanol–water partition coefficient (Wildman–Crippen LogP) is 4.93. The SMILES string of the molecule is CCCN(CC)CCC.COCC(C)(C)Oc1ccc(C)cc1. The lowest BCUT2D eigenvalue weighted by molar-refractivity contribution is 0.0180. The molecule has 0 aromatic heterocycles. The smallest absolute Gasteiger partial charge is 0.127 e. The number of hydrogen-bond donors (Lipinski definition) is 0. The molecule has 0 N–H and O–H groups in total. The molecule has 0 unspecified atom stereocenters. The van der Waals surface area contributed by atoms with Crippen molar-refractivity contribution in [2.24, 2.45) is 0 Å². The fraction of sp³-hybridized carbons (Fsp3) is 0.700. The van der Waals surface area contributed by atoms with Crippen LogP contribution in [-0.2, 0) is 4.74 Å². The molecule has 0 bridgehead atoms. The first-order valence-electron chi connectivity index (χ1n) is 8.85. The molecule has 0 atom stereocenters. The van der Waals surface area contributed by atoms with E-state index in [9.17, 15) is 0 Å². The molecule has 3 heteroatoms. The molecule has 0 amide bonds. The molecule has 1 aromatic carbocycles. The van der Waals surface area contributed by atoms with Gasteiger partial charge in [-0.05, 0) is 65.4 Å². The van der Waals surface area contributed by atoms with Crippen molar-refractivity contribution < 1.29 is 9.47 Å². The summed E-state index contributed by atoms with van der Waals surface area (Å²) in [5.74, 6) is 0.887. The van der Waals surface area contributed by atoms with Crippen molar-refractivity contribution in [3.05, 3.63) is 29.8 Å². The third-order valence-electron chi connectivity index (χ3n) is 3.43. The maximum Gasteiger partial charge on any atom is 0.127 e. The van der Waals surface area contributed by atoms with Crippen LogP contribution in [0.15, 0.2) is 24.3 Å². The van der Waals surface area contributed by atoms with Crippen LogP contribution in [0.1, 0.15) is 53.0 Å². The second-order valence-corrected chi connectivity index (χ2v) is 6.54. The Balaban J connectivity index is 0.000000468. The quantitative estimate of drug-likeness (QED) is 0.643. The Morgan fingerprint density at radius 3 is 1.87 bits per heavy atom. The first-order chi connectivity index (χ1) is 10.9. The van der Waals surface area contributed by atoms with Gasteiger partial charge in [0.05, 0.1) is 6.61 Å². The Morgan fingerprint density at radius 1 is 0.957 bits per heavy atom. The third-order valence-corrected chi connectivity index (χ3v) is 3.43. The number of hydrogen-bond acceptors (Lipinski definition) is 3. The van der Waals surface area contributed by atoms with Gasteiger partial charge in [0.2, 0.25) is 0 Å². The highest BCUT2D eigenvalue weighted by Crippen LogP contribution is 2.18. The molecule has 0 aliphatic carbocycles. The highest BCUT2D eigenvalue weighted by molar-refractivity contribution is 5.26. The van der Waals surface area contributed by atoms with Crippen LogP contribution in [0, 0.1) is 6.92 Å². The number of benzene rings is 1. The van der Waals surface area contributed by atoms with Gasteiger partial charge in [-0.2, -0.15) is 0 Å². The first-order valence-corrected chi connectivity index (χ1v) is 8.85. The maximum absolute atomic E-state index is 5.77. The molecule has 0 heterocycles. The van der Waals surface area contributed by atoms with Gasteiger partial charge in [-0.15, -0.1) is 0 Å². The Kier molecular flexibility index (Phi) is 11.8. The van der Waals surface area contributed by atoms with E-state index in [1.807, 2.05) is 38.1 Å². The van der Waals surface area contributed by atoms with Gasteiger partial charge in [0.25, 0.3) is 0 Å². The molecule has 0 aliphatic heterocycles. The van der Waals surface area contributed by atoms with E-state index in [0.29, 0.717) is 6.61 Å². The van der Waals surface area contributed by atoms with E-state index in [-0.39, 0.29) is 5.60 Å². The van der Waals surface area contributed by atoms with Crippen LogP contribution >= 0.6 is 0 Å². The number of methoxy groups -OCH3 is 1. The van der Waals surface area contributed by atoms with E-state index < -0.39 is 0 Å². The Morgan fingerprint density at radius 2 is 1.48 bits per heavy atom. The minimum Gasteiger partial charge on any atom is -0.485 e. The zero-order chi connectivity index (χ0) is 17.7. The van der Waals surface area contributed by atoms with Crippen molar-refractivity contribution in [2.45, 2.75) is 60.0 Å². The van der Waals surface area contributed by atoms with E-state index in [1.54, 1.807) is 7.11 Å². The van der Waals surface area contributed by atoms with Gasteiger partial charge >= 0.3 is 0 Å². The van der Waals surface area contributed by atoms with Crippen LogP contribution in [0.5, 0.6) is 5.75 Å². The average Bonchev–Trinajstić information content (AvgIpc) is 2.49. The number of nitrogens with zero attached hydrogens (tertiary/aromatic N) is 1. The van der Waals surface area contributed by atoms with Crippen molar-refractivity contribution in [3.63, 3.8) is 0 Å². The number of ether oxygens (including phenoxy) is 2. The zero-order valence-corrected chi connectivity index (χ0v) is 16.3. The highest BCUT2D eigenvalue weighted by atomic mass is 16.5. The molecular weight excluding hydrogens is 286 g/mol. The molecule has 0 saturated carbocycles. The Hall–Kier alpha value is -1.06. The maximum atomic E-state index is 5.77. The fourth-order valence-corrected chi connectivity index (χ4v) is 2.36. The molecule has 0 spiro atoms. The average molecular weight is 324 g/mol. The van der Waals surface area contributed by atoms with E-state index in [1.165, 1.54) is 38.0 Å². The number of rotatable bonds is 9. The summed E-state index contributed by atoms with van der Waals surface area (Å²) in [6, 6.07) is 8.04. The lowest BCUT2D eigenvalue weighted by Gasteiger charge is -2.25. The molecular formula is C20H37NO2. The summed E-state index contributed by atoms with van der Waals surface area (Å²) in [7, 11) is 1.68. The Bertz CT molecular complexity index is 381. The minimum absolute atomic E-state index is 0.274. The summed E-state index contributed by atoms with van der Waals surface area (Å²) in [5.41, 5.74) is 0.964. The molecule has 1 aromatic rings. The molecule has 0 aliphatic rings. The van der Waals surface area contributed by atoms with E-state index in [0.717, 1.165) is 5.75 Å². The van der Waals surface area contributed by atoms with Crippen LogP contribution in [0.2, 0.25) is 0 Å². The predicted molar refractivity (Wildman–Crippen MR) is 100 cm³/mol. The lowest BCUT2D eigenvalue weighted by Crippen LogP contribution is -2.33. The van der Waals surface area contributed by atoms with Crippen molar-refractivity contribution in [1.82, 2.24) is 4.90 Å². The summed E-state index contributed by atoms with van der Waals surface area (Å²) < 4.78 is 10.8. The van der Waals surface area contributed by atoms with E-state index >= 15 is 0 Å². The van der Waals surface area contributed by atoms with Gasteiger partial charge in [0.15, 0.2) is 0 Å². The van der Waals surface area contributed by atoms with Gasteiger partial charge in [-0.25, -0.2) is 0 Å². The molecule has 1 rings (SSSR count). The summed E-state index contributed by atoms with van der Waals surface area (Å²) in [5, 5.41) is 0. The van der Waals surface area contributed by atoms with Crippen molar-refractivity contribution in [1.29, 1.82) is 0 Å². The minimum atomic E-state index is -0.274. The fourth-order valence-electron chi connectivity index (χ4n) is 2.36. The molecule has 134 valence electrons. The second-order valence-electron chi connectivity index (χ2n) is 6.54. The zero-order valence-electron chi connectivity index (χ0n) is 16.3. The second kappa shape index (κ2) is 12.4. The molecule has 0 radical (unpaired) electrons. The third kappa shape index (κ3) is 11.2. The van der Waals surface area contributed by atoms with Gasteiger partial charge in [-0.1, -0.05) is 38.5 Å². The van der Waals surface area contributed by atoms with Gasteiger partial charge < -0.3 is 14.4 Å². The standard InChI is InChI=1S/C12H18O2.C8H19N/c1-10-5-7-11(8-6-10)14-12(2,3)9-13-4;1-4-7-9(6-3)8-5-2/h5-8H,9H2,1-4H3;4-8H2,1-3H3. The lowest BCUT2D eigenvalue weighted by atomic mass is 10.1. The summed E-state index contributed by atoms with van der Waals surface area (Å²) >= 11 is 0. The van der Waals surface area contributed by atoms with E-state index in [4.69, 9.17) is 9.47 Å². The monoisotopic (exact) mass is 323 g/mol. The van der Waals surface area contributed by atoms with Gasteiger partial charge in [0.1, 0.15) is 11.4 Å². The molecule has 23 heavy (non-hydrogen) atoms. The number of aryl methyl sites for hydroxylation is 1. The van der Waals surface area contributed by atoms with Crippen LogP contribution in [-0.4, -0.2) is 43.9 Å². The first kappa shape index (κ1) is 21.9. The van der Waals surface area contributed by atoms with Gasteiger partial charge in [-0.3, -0.25) is 0 Å². The van der Waals surface area contributed by atoms with E-state index in [2.05, 4.69) is 32.6 Å². The summed E-state index contributed by atoms with van der Waals surface area (Å²) in [6.07, 6.45) is 2.57. The van der Waals surface area contributed by atoms with Gasteiger partial charge in [0, 0.05) is 7.11 Å². The highest BCUT2D eigenvalue weighted by Gasteiger charge is 2.19. The van der Waals surface area contributed by atoms with Crippen molar-refractivity contribution >= 4 is 0 Å². The largest absolute Gasteiger partial charge is 0.485 e. The van der Waals surface area contributed by atoms with Crippen LogP contribution < -0.4 is 4.74 Å². The normalized spacial score (nSPS) is 11.1. The van der Waals surface area contributed by atoms with Crippen molar-refractivity contribution in [3.8, 4) is 5.75 Å².